The maximum absolute atomic E-state index is 14.1. The van der Waals surface area contributed by atoms with E-state index in [1.165, 1.54) is 17.0 Å². The second-order valence-electron chi connectivity index (χ2n) is 12.1. The van der Waals surface area contributed by atoms with E-state index in [9.17, 15) is 44.0 Å². The smallest absolute Gasteiger partial charge is 0.412 e. The number of primary amides is 1. The zero-order valence-corrected chi connectivity index (χ0v) is 25.1. The number of nitrogens with zero attached hydrogens (tertiary/aromatic N) is 2. The number of phenolic OH excluding ortho intramolecular Hbond substituents is 1. The Morgan fingerprint density at radius 3 is 2.36 bits per heavy atom. The first-order chi connectivity index (χ1) is 21.1. The van der Waals surface area contributed by atoms with Crippen LogP contribution >= 0.6 is 0 Å². The van der Waals surface area contributed by atoms with Gasteiger partial charge in [-0.25, -0.2) is 9.18 Å². The van der Waals surface area contributed by atoms with Gasteiger partial charge in [0.1, 0.15) is 29.0 Å². The lowest BCUT2D eigenvalue weighted by molar-refractivity contribution is -0.184. The van der Waals surface area contributed by atoms with Crippen molar-refractivity contribution in [2.45, 2.75) is 37.1 Å². The highest BCUT2D eigenvalue weighted by Crippen LogP contribution is 2.53. The normalized spacial score (nSPS) is 27.4. The summed E-state index contributed by atoms with van der Waals surface area (Å²) < 4.78 is 18.3. The van der Waals surface area contributed by atoms with Crippen LogP contribution in [0.1, 0.15) is 23.1 Å². The van der Waals surface area contributed by atoms with Crippen molar-refractivity contribution in [2.75, 3.05) is 33.1 Å². The highest BCUT2D eigenvalue weighted by molar-refractivity contribution is 6.25. The highest BCUT2D eigenvalue weighted by Gasteiger charge is 2.67. The summed E-state index contributed by atoms with van der Waals surface area (Å²) in [5.41, 5.74) is 3.46. The predicted octanol–water partition coefficient (Wildman–Crippen LogP) is 0.623. The van der Waals surface area contributed by atoms with E-state index in [-0.39, 0.29) is 41.8 Å². The number of aliphatic hydroxyl groups excluding tert-OH is 2. The summed E-state index contributed by atoms with van der Waals surface area (Å²) in [6, 6.07) is 5.38. The number of benzene rings is 2. The molecule has 6 atom stereocenters. The van der Waals surface area contributed by atoms with Crippen LogP contribution < -0.4 is 20.7 Å². The fourth-order valence-electron chi connectivity index (χ4n) is 7.05. The fraction of sp³-hybridized carbons (Fsp3) is 0.419. The molecule has 2 unspecified atom stereocenters. The lowest BCUT2D eigenvalue weighted by atomic mass is 9.54. The van der Waals surface area contributed by atoms with Gasteiger partial charge in [0.15, 0.2) is 11.4 Å². The van der Waals surface area contributed by atoms with Crippen LogP contribution in [0.4, 0.5) is 14.9 Å². The number of ketones is 2. The largest absolute Gasteiger partial charge is 0.507 e. The molecular weight excluding hydrogens is 591 g/mol. The number of nitrogens with one attached hydrogen (secondary N) is 1. The van der Waals surface area contributed by atoms with Crippen LogP contribution in [0.25, 0.3) is 5.76 Å². The molecule has 0 bridgehead atoms. The van der Waals surface area contributed by atoms with Gasteiger partial charge in [-0.1, -0.05) is 0 Å². The van der Waals surface area contributed by atoms with Crippen molar-refractivity contribution in [1.82, 2.24) is 10.2 Å². The molecule has 0 spiro atoms. The Hall–Kier alpha value is -4.53. The number of Topliss-reactive ketones (excluding diaryl/α,β-unsaturated/α-hetero) is 2. The van der Waals surface area contributed by atoms with Crippen molar-refractivity contribution in [3.8, 4) is 11.5 Å². The number of carbonyl (C=O) groups is 4. The monoisotopic (exact) mass is 626 g/mol. The average Bonchev–Trinajstić information content (AvgIpc) is 2.95. The third-order valence-corrected chi connectivity index (χ3v) is 9.07. The van der Waals surface area contributed by atoms with Gasteiger partial charge in [0, 0.05) is 49.4 Å². The van der Waals surface area contributed by atoms with Gasteiger partial charge in [-0.05, 0) is 68.8 Å². The Kier molecular flexibility index (Phi) is 8.10. The summed E-state index contributed by atoms with van der Waals surface area (Å²) in [4.78, 5) is 55.5. The molecule has 13 nitrogen and oxygen atoms in total. The molecule has 5 rings (SSSR count). The van der Waals surface area contributed by atoms with E-state index in [1.54, 1.807) is 39.2 Å². The molecule has 45 heavy (non-hydrogen) atoms. The van der Waals surface area contributed by atoms with Gasteiger partial charge < -0.3 is 46.0 Å². The van der Waals surface area contributed by atoms with Crippen molar-refractivity contribution in [3.63, 3.8) is 0 Å². The Balaban J connectivity index is 1.55. The molecule has 3 aliphatic rings. The second kappa shape index (κ2) is 11.4. The zero-order chi connectivity index (χ0) is 33.1. The topological polar surface area (TPSA) is 203 Å². The number of aromatic hydroxyl groups is 1. The molecular formula is C31H35FN4O9. The average molecular weight is 627 g/mol. The number of likely N-dealkylation sites (N-methyl/N-ethyl adjacent to an activating group) is 1. The van der Waals surface area contributed by atoms with Gasteiger partial charge in [-0.15, -0.1) is 0 Å². The van der Waals surface area contributed by atoms with Crippen LogP contribution in [0.2, 0.25) is 0 Å². The molecule has 0 aromatic heterocycles. The summed E-state index contributed by atoms with van der Waals surface area (Å²) >= 11 is 0. The van der Waals surface area contributed by atoms with Crippen molar-refractivity contribution in [1.29, 1.82) is 0 Å². The SMILES string of the molecule is CN(C)c1cc(CNC(=O)Oc2ccc(F)cc2)c(O)c2c1C[C@H]1C[C@H]3[C@H](N(C)C)C(O)C(C(N)=O)C(=O)[C@@]3(O)C(=O)C1=C2O. The number of phenols is 1. The quantitative estimate of drug-likeness (QED) is 0.245. The summed E-state index contributed by atoms with van der Waals surface area (Å²) in [7, 11) is 6.63. The molecule has 2 amide bonds. The van der Waals surface area contributed by atoms with E-state index < -0.39 is 76.4 Å². The molecule has 2 aromatic rings. The molecule has 0 heterocycles. The predicted molar refractivity (Wildman–Crippen MR) is 158 cm³/mol. The van der Waals surface area contributed by atoms with Crippen LogP contribution in [0, 0.1) is 23.6 Å². The molecule has 2 aromatic carbocycles. The Labute approximate surface area is 257 Å². The standard InChI is InChI=1S/C31H35FN4O9/c1-35(2)19-11-14(12-34-30(43)45-16-7-5-15(32)6-8-16)24(37)21-17(19)9-13-10-18-23(36(3)4)26(39)22(29(33)42)28(41)31(18,44)27(40)20(13)25(21)38/h5-8,11,13,18,22-23,26,37-39,44H,9-10,12H2,1-4H3,(H2,33,42)(H,34,43)/t13-,18-,22?,23-,26?,31-/m0/s1. The van der Waals surface area contributed by atoms with E-state index in [1.807, 2.05) is 0 Å². The van der Waals surface area contributed by atoms with Gasteiger partial charge in [0.05, 0.1) is 11.7 Å². The summed E-state index contributed by atoms with van der Waals surface area (Å²) in [6.07, 6.45) is -2.37. The number of ether oxygens (including phenoxy) is 1. The molecule has 2 saturated carbocycles. The highest BCUT2D eigenvalue weighted by atomic mass is 19.1. The van der Waals surface area contributed by atoms with Crippen LogP contribution in [0.3, 0.4) is 0 Å². The first-order valence-corrected chi connectivity index (χ1v) is 14.2. The molecule has 2 fully saturated rings. The van der Waals surface area contributed by atoms with Crippen LogP contribution in [0.5, 0.6) is 11.5 Å². The molecule has 240 valence electrons. The van der Waals surface area contributed by atoms with Gasteiger partial charge in [0.25, 0.3) is 0 Å². The maximum atomic E-state index is 14.1. The number of anilines is 1. The van der Waals surface area contributed by atoms with E-state index >= 15 is 0 Å². The Bertz CT molecular complexity index is 1620. The first kappa shape index (κ1) is 31.9. The first-order valence-electron chi connectivity index (χ1n) is 14.2. The van der Waals surface area contributed by atoms with E-state index in [0.717, 1.165) is 12.1 Å². The number of hydrogen-bond donors (Lipinski definition) is 6. The van der Waals surface area contributed by atoms with Gasteiger partial charge >= 0.3 is 6.09 Å². The van der Waals surface area contributed by atoms with Gasteiger partial charge in [-0.3, -0.25) is 14.4 Å². The number of nitrogens with two attached hydrogens (primary N) is 1. The molecule has 0 aliphatic heterocycles. The Morgan fingerprint density at radius 1 is 1.13 bits per heavy atom. The number of fused-ring (bicyclic) bond motifs is 3. The molecule has 7 N–H and O–H groups in total. The number of aliphatic hydroxyl groups is 3. The number of halogens is 1. The third kappa shape index (κ3) is 5.08. The van der Waals surface area contributed by atoms with Crippen molar-refractivity contribution < 1.29 is 48.7 Å². The van der Waals surface area contributed by atoms with Crippen LogP contribution in [-0.2, 0) is 27.3 Å². The molecule has 0 radical (unpaired) electrons. The number of rotatable bonds is 6. The van der Waals surface area contributed by atoms with E-state index in [2.05, 4.69) is 5.32 Å². The summed E-state index contributed by atoms with van der Waals surface area (Å²) in [5, 5.41) is 48.2. The molecule has 14 heteroatoms. The maximum Gasteiger partial charge on any atom is 0.412 e. The Morgan fingerprint density at radius 2 is 1.78 bits per heavy atom. The van der Waals surface area contributed by atoms with Gasteiger partial charge in [0.2, 0.25) is 11.7 Å². The molecule has 0 saturated heterocycles. The minimum Gasteiger partial charge on any atom is -0.507 e. The minimum atomic E-state index is -2.77. The summed E-state index contributed by atoms with van der Waals surface area (Å²) in [5.74, 6) is -8.80. The van der Waals surface area contributed by atoms with Crippen molar-refractivity contribution >= 4 is 35.0 Å². The lowest BCUT2D eigenvalue weighted by Crippen LogP contribution is -2.73. The van der Waals surface area contributed by atoms with Gasteiger partial charge in [-0.2, -0.15) is 0 Å². The summed E-state index contributed by atoms with van der Waals surface area (Å²) in [6.45, 7) is -0.271. The number of carbonyl (C=O) groups excluding carboxylic acids is 4. The van der Waals surface area contributed by atoms with Crippen LogP contribution in [-0.4, -0.2) is 94.8 Å². The third-order valence-electron chi connectivity index (χ3n) is 9.07. The minimum absolute atomic E-state index is 0.00956. The van der Waals surface area contributed by atoms with Crippen molar-refractivity contribution in [3.05, 3.63) is 58.4 Å². The van der Waals surface area contributed by atoms with Crippen molar-refractivity contribution in [2.24, 2.45) is 23.5 Å². The lowest BCUT2D eigenvalue weighted by Gasteiger charge is -2.53. The fourth-order valence-corrected chi connectivity index (χ4v) is 7.05. The molecule has 3 aliphatic carbocycles. The number of amides is 2. The number of hydrogen-bond acceptors (Lipinski definition) is 11. The second-order valence-corrected chi connectivity index (χ2v) is 12.1. The zero-order valence-electron chi connectivity index (χ0n) is 25.1. The van der Waals surface area contributed by atoms with E-state index in [4.69, 9.17) is 10.5 Å². The van der Waals surface area contributed by atoms with E-state index in [0.29, 0.717) is 11.3 Å². The van der Waals surface area contributed by atoms with Crippen LogP contribution in [0.15, 0.2) is 35.9 Å².